The molecule has 0 saturated carbocycles. The van der Waals surface area contributed by atoms with Gasteiger partial charge in [-0.2, -0.15) is 0 Å². The molecule has 3 aliphatic rings. The predicted octanol–water partition coefficient (Wildman–Crippen LogP) is 2.96. The third kappa shape index (κ3) is 4.09. The van der Waals surface area contributed by atoms with E-state index in [1.165, 1.54) is 4.90 Å². The monoisotopic (exact) mass is 548 g/mol. The number of ether oxygens (including phenoxy) is 1. The van der Waals surface area contributed by atoms with Crippen molar-refractivity contribution in [3.63, 3.8) is 0 Å². The normalized spacial score (nSPS) is 31.1. The highest BCUT2D eigenvalue weighted by Crippen LogP contribution is 2.66. The minimum absolute atomic E-state index is 0.0632. The lowest BCUT2D eigenvalue weighted by molar-refractivity contribution is -0.149. The summed E-state index contributed by atoms with van der Waals surface area (Å²) in [6.45, 7) is 9.43. The van der Waals surface area contributed by atoms with Gasteiger partial charge >= 0.3 is 0 Å². The standard InChI is InChI=1S/C31H40N4O5/c1-6-34(7-2)22-15-13-21(14-16-22)33-28(38)26-31-17-19(3)30(4,40-31)24(27(37)32-5)25(31)29(39)35(26)23(18-36)20-11-9-8-10-12-20/h8-16,19,23-26,36H,6-7,17-18H2,1-5H3,(H,32,37)(H,33,38)/t19?,23-,24+,25+,26?,30-,31?/m1/s1. The maximum absolute atomic E-state index is 14.3. The number of amides is 3. The smallest absolute Gasteiger partial charge is 0.250 e. The largest absolute Gasteiger partial charge is 0.394 e. The molecular formula is C31H40N4O5. The number of rotatable bonds is 9. The van der Waals surface area contributed by atoms with Crippen molar-refractivity contribution >= 4 is 29.1 Å². The van der Waals surface area contributed by atoms with Crippen LogP contribution in [0.2, 0.25) is 0 Å². The van der Waals surface area contributed by atoms with Gasteiger partial charge in [-0.1, -0.05) is 37.3 Å². The van der Waals surface area contributed by atoms with Gasteiger partial charge in [-0.3, -0.25) is 14.4 Å². The highest BCUT2D eigenvalue weighted by molar-refractivity contribution is 6.04. The Labute approximate surface area is 235 Å². The second-order valence-electron chi connectivity index (χ2n) is 11.4. The van der Waals surface area contributed by atoms with E-state index in [0.717, 1.165) is 18.8 Å². The van der Waals surface area contributed by atoms with E-state index in [9.17, 15) is 19.5 Å². The number of aliphatic hydroxyl groups excluding tert-OH is 1. The molecule has 214 valence electrons. The van der Waals surface area contributed by atoms with Crippen LogP contribution in [0.3, 0.4) is 0 Å². The van der Waals surface area contributed by atoms with Crippen LogP contribution in [-0.2, 0) is 19.1 Å². The summed E-state index contributed by atoms with van der Waals surface area (Å²) < 4.78 is 6.73. The number of benzene rings is 2. The van der Waals surface area contributed by atoms with E-state index >= 15 is 0 Å². The average Bonchev–Trinajstić information content (AvgIpc) is 3.47. The van der Waals surface area contributed by atoms with E-state index in [0.29, 0.717) is 17.7 Å². The number of carbonyl (C=O) groups excluding carboxylic acids is 3. The first-order chi connectivity index (χ1) is 19.2. The third-order valence-corrected chi connectivity index (χ3v) is 9.49. The maximum Gasteiger partial charge on any atom is 0.250 e. The molecule has 3 fully saturated rings. The molecule has 2 bridgehead atoms. The minimum atomic E-state index is -1.20. The van der Waals surface area contributed by atoms with E-state index in [1.54, 1.807) is 7.05 Å². The Hall–Kier alpha value is -3.43. The summed E-state index contributed by atoms with van der Waals surface area (Å²) in [5, 5.41) is 16.3. The van der Waals surface area contributed by atoms with Crippen LogP contribution in [0.1, 0.15) is 45.7 Å². The van der Waals surface area contributed by atoms with E-state index in [1.807, 2.05) is 68.4 Å². The number of anilines is 2. The fraction of sp³-hybridized carbons (Fsp3) is 0.516. The highest BCUT2D eigenvalue weighted by atomic mass is 16.5. The van der Waals surface area contributed by atoms with Crippen molar-refractivity contribution < 1.29 is 24.2 Å². The molecule has 40 heavy (non-hydrogen) atoms. The van der Waals surface area contributed by atoms with Gasteiger partial charge in [0, 0.05) is 31.5 Å². The number of aliphatic hydroxyl groups is 1. The Morgan fingerprint density at radius 3 is 2.33 bits per heavy atom. The molecule has 3 saturated heterocycles. The number of carbonyl (C=O) groups is 3. The van der Waals surface area contributed by atoms with Crippen molar-refractivity contribution in [3.05, 3.63) is 60.2 Å². The summed E-state index contributed by atoms with van der Waals surface area (Å²) in [4.78, 5) is 45.5. The topological polar surface area (TPSA) is 111 Å². The van der Waals surface area contributed by atoms with Crippen molar-refractivity contribution in [2.45, 2.75) is 57.4 Å². The first-order valence-corrected chi connectivity index (χ1v) is 14.2. The Kier molecular flexibility index (Phi) is 7.39. The summed E-state index contributed by atoms with van der Waals surface area (Å²) in [5.74, 6) is -2.67. The number of nitrogens with zero attached hydrogens (tertiary/aromatic N) is 2. The zero-order valence-electron chi connectivity index (χ0n) is 23.9. The van der Waals surface area contributed by atoms with Gasteiger partial charge in [-0.05, 0) is 62.9 Å². The van der Waals surface area contributed by atoms with Crippen LogP contribution in [-0.4, -0.2) is 71.7 Å². The maximum atomic E-state index is 14.3. The molecule has 1 spiro atoms. The molecule has 9 nitrogen and oxygen atoms in total. The summed E-state index contributed by atoms with van der Waals surface area (Å²) in [7, 11) is 1.55. The first kappa shape index (κ1) is 28.1. The summed E-state index contributed by atoms with van der Waals surface area (Å²) in [6.07, 6.45) is 0.454. The van der Waals surface area contributed by atoms with Gasteiger partial charge in [0.1, 0.15) is 11.6 Å². The van der Waals surface area contributed by atoms with Crippen LogP contribution in [0.25, 0.3) is 0 Å². The number of hydrogen-bond acceptors (Lipinski definition) is 6. The predicted molar refractivity (Wildman–Crippen MR) is 153 cm³/mol. The minimum Gasteiger partial charge on any atom is -0.394 e. The van der Waals surface area contributed by atoms with E-state index in [-0.39, 0.29) is 24.3 Å². The van der Waals surface area contributed by atoms with Crippen LogP contribution in [0.5, 0.6) is 0 Å². The Bertz CT molecular complexity index is 1270. The first-order valence-electron chi connectivity index (χ1n) is 14.2. The van der Waals surface area contributed by atoms with E-state index < -0.39 is 41.0 Å². The molecule has 0 radical (unpaired) electrons. The molecule has 3 unspecified atom stereocenters. The van der Waals surface area contributed by atoms with Crippen LogP contribution in [0.4, 0.5) is 11.4 Å². The lowest BCUT2D eigenvalue weighted by Gasteiger charge is -2.37. The summed E-state index contributed by atoms with van der Waals surface area (Å²) in [5.41, 5.74) is 0.273. The Morgan fingerprint density at radius 1 is 1.10 bits per heavy atom. The Balaban J connectivity index is 1.57. The van der Waals surface area contributed by atoms with Crippen LogP contribution in [0, 0.1) is 17.8 Å². The second-order valence-corrected chi connectivity index (χ2v) is 11.4. The molecular weight excluding hydrogens is 508 g/mol. The van der Waals surface area contributed by atoms with Crippen molar-refractivity contribution in [2.75, 3.05) is 37.0 Å². The lowest BCUT2D eigenvalue weighted by atomic mass is 9.62. The molecule has 7 atom stereocenters. The quantitative estimate of drug-likeness (QED) is 0.444. The van der Waals surface area contributed by atoms with Crippen molar-refractivity contribution in [3.8, 4) is 0 Å². The van der Waals surface area contributed by atoms with Crippen molar-refractivity contribution in [1.29, 1.82) is 0 Å². The van der Waals surface area contributed by atoms with Gasteiger partial charge in [0.05, 0.1) is 30.1 Å². The molecule has 0 aliphatic carbocycles. The number of fused-ring (bicyclic) bond motifs is 1. The fourth-order valence-electron chi connectivity index (χ4n) is 7.45. The molecule has 2 aromatic carbocycles. The number of nitrogens with one attached hydrogen (secondary N) is 2. The van der Waals surface area contributed by atoms with E-state index in [4.69, 9.17) is 4.74 Å². The molecule has 3 amide bonds. The van der Waals surface area contributed by atoms with Crippen LogP contribution < -0.4 is 15.5 Å². The van der Waals surface area contributed by atoms with Gasteiger partial charge in [0.2, 0.25) is 17.7 Å². The molecule has 3 N–H and O–H groups in total. The number of hydrogen-bond donors (Lipinski definition) is 3. The van der Waals surface area contributed by atoms with Gasteiger partial charge in [0.15, 0.2) is 0 Å². The molecule has 9 heteroatoms. The number of likely N-dealkylation sites (tertiary alicyclic amines) is 1. The zero-order chi connectivity index (χ0) is 28.8. The van der Waals surface area contributed by atoms with Crippen LogP contribution >= 0.6 is 0 Å². The molecule has 5 rings (SSSR count). The van der Waals surface area contributed by atoms with Crippen molar-refractivity contribution in [2.24, 2.45) is 17.8 Å². The molecule has 3 heterocycles. The van der Waals surface area contributed by atoms with E-state index in [2.05, 4.69) is 29.4 Å². The molecule has 3 aliphatic heterocycles. The SMILES string of the molecule is CCN(CC)c1ccc(NC(=O)C2N([C@H](CO)c3ccccc3)C(=O)[C@@H]3[C@@H](C(=O)NC)[C@]4(C)OC23CC4C)cc1. The average molecular weight is 549 g/mol. The van der Waals surface area contributed by atoms with Gasteiger partial charge in [0.25, 0.3) is 0 Å². The van der Waals surface area contributed by atoms with Gasteiger partial charge in [-0.25, -0.2) is 0 Å². The second kappa shape index (κ2) is 10.5. The fourth-order valence-corrected chi connectivity index (χ4v) is 7.45. The third-order valence-electron chi connectivity index (χ3n) is 9.49. The zero-order valence-corrected chi connectivity index (χ0v) is 23.9. The van der Waals surface area contributed by atoms with Crippen LogP contribution in [0.15, 0.2) is 54.6 Å². The molecule has 2 aromatic rings. The lowest BCUT2D eigenvalue weighted by Crippen LogP contribution is -2.55. The summed E-state index contributed by atoms with van der Waals surface area (Å²) >= 11 is 0. The summed E-state index contributed by atoms with van der Waals surface area (Å²) in [6, 6.07) is 15.0. The van der Waals surface area contributed by atoms with Crippen molar-refractivity contribution in [1.82, 2.24) is 10.2 Å². The Morgan fingerprint density at radius 2 is 1.75 bits per heavy atom. The highest BCUT2D eigenvalue weighted by Gasteiger charge is 2.80. The van der Waals surface area contributed by atoms with Gasteiger partial charge in [-0.15, -0.1) is 0 Å². The molecule has 0 aromatic heterocycles. The van der Waals surface area contributed by atoms with Gasteiger partial charge < -0.3 is 30.3 Å².